The molecule has 0 bridgehead atoms. The van der Waals surface area contributed by atoms with Gasteiger partial charge >= 0.3 is 0 Å². The zero-order valence-corrected chi connectivity index (χ0v) is 20.3. The third-order valence-corrected chi connectivity index (χ3v) is 7.73. The summed E-state index contributed by atoms with van der Waals surface area (Å²) in [6.07, 6.45) is 5.14. The van der Waals surface area contributed by atoms with Gasteiger partial charge in [-0.3, -0.25) is 4.79 Å². The third kappa shape index (κ3) is 5.34. The van der Waals surface area contributed by atoms with Gasteiger partial charge in [0.2, 0.25) is 0 Å². The molecule has 4 aromatic rings. The van der Waals surface area contributed by atoms with Crippen LogP contribution in [0, 0.1) is 0 Å². The summed E-state index contributed by atoms with van der Waals surface area (Å²) in [7, 11) is 0. The largest absolute Gasteiger partial charge is 0.508 e. The maximum absolute atomic E-state index is 13.7. The van der Waals surface area contributed by atoms with Gasteiger partial charge in [-0.15, -0.1) is 11.3 Å². The number of ketones is 1. The van der Waals surface area contributed by atoms with Crippen LogP contribution < -0.4 is 10.1 Å². The number of hydrogen-bond acceptors (Lipinski definition) is 6. The van der Waals surface area contributed by atoms with Gasteiger partial charge in [-0.05, 0) is 79.9 Å². The monoisotopic (exact) mass is 487 g/mol. The maximum Gasteiger partial charge on any atom is 0.194 e. The molecule has 1 aromatic heterocycles. The highest BCUT2D eigenvalue weighted by atomic mass is 32.1. The van der Waals surface area contributed by atoms with Crippen LogP contribution in [0.4, 0.5) is 0 Å². The highest BCUT2D eigenvalue weighted by Gasteiger charge is 2.22. The van der Waals surface area contributed by atoms with Crippen molar-refractivity contribution in [2.24, 2.45) is 0 Å². The van der Waals surface area contributed by atoms with Crippen LogP contribution in [0.15, 0.2) is 66.7 Å². The molecule has 1 atom stereocenters. The quantitative estimate of drug-likeness (QED) is 0.264. The van der Waals surface area contributed by atoms with Gasteiger partial charge in [-0.2, -0.15) is 0 Å². The molecule has 3 aromatic carbocycles. The van der Waals surface area contributed by atoms with Crippen molar-refractivity contribution >= 4 is 27.2 Å². The smallest absolute Gasteiger partial charge is 0.194 e. The molecule has 1 fully saturated rings. The molecular formula is C29H29NO4S. The van der Waals surface area contributed by atoms with Crippen molar-refractivity contribution in [1.29, 1.82) is 0 Å². The predicted octanol–water partition coefficient (Wildman–Crippen LogP) is 6.05. The number of aromatic hydroxyl groups is 2. The Morgan fingerprint density at radius 2 is 1.86 bits per heavy atom. The first-order chi connectivity index (χ1) is 17.1. The average Bonchev–Trinajstić information content (AvgIpc) is 3.23. The summed E-state index contributed by atoms with van der Waals surface area (Å²) in [6.45, 7) is 1.73. The number of para-hydroxylation sites is 1. The molecule has 6 heteroatoms. The van der Waals surface area contributed by atoms with Gasteiger partial charge in [-0.1, -0.05) is 24.6 Å². The number of hydrogen-bond donors (Lipinski definition) is 3. The second kappa shape index (κ2) is 10.5. The van der Waals surface area contributed by atoms with Crippen LogP contribution in [0.3, 0.4) is 0 Å². The number of benzene rings is 3. The van der Waals surface area contributed by atoms with Crippen LogP contribution in [0.25, 0.3) is 10.1 Å². The van der Waals surface area contributed by atoms with Gasteiger partial charge in [-0.25, -0.2) is 0 Å². The fourth-order valence-electron chi connectivity index (χ4n) is 4.68. The van der Waals surface area contributed by atoms with Gasteiger partial charge < -0.3 is 20.3 Å². The van der Waals surface area contributed by atoms with Crippen LogP contribution >= 0.6 is 11.3 Å². The molecule has 1 unspecified atom stereocenters. The molecule has 5 nitrogen and oxygen atoms in total. The summed E-state index contributed by atoms with van der Waals surface area (Å²) in [6, 6.07) is 20.1. The minimum atomic E-state index is -0.0784. The topological polar surface area (TPSA) is 78.8 Å². The van der Waals surface area contributed by atoms with Crippen LogP contribution in [0.1, 0.15) is 52.0 Å². The Kier molecular flexibility index (Phi) is 7.02. The lowest BCUT2D eigenvalue weighted by Gasteiger charge is -2.23. The summed E-state index contributed by atoms with van der Waals surface area (Å²) >= 11 is 1.47. The van der Waals surface area contributed by atoms with E-state index in [0.29, 0.717) is 30.2 Å². The summed E-state index contributed by atoms with van der Waals surface area (Å²) in [4.78, 5) is 14.5. The number of thiophene rings is 1. The molecule has 0 aliphatic carbocycles. The SMILES string of the molecule is O=C(c1ccc(OCCC2CCCCN2)cc1)c1c(Cc2ccccc2O)sc2cc(O)ccc12. The molecule has 5 rings (SSSR count). The lowest BCUT2D eigenvalue weighted by atomic mass is 9.97. The zero-order valence-electron chi connectivity index (χ0n) is 19.5. The second-order valence-electron chi connectivity index (χ2n) is 9.02. The first kappa shape index (κ1) is 23.4. The molecular weight excluding hydrogens is 458 g/mol. The summed E-state index contributed by atoms with van der Waals surface area (Å²) in [5.74, 6) is 1.05. The highest BCUT2D eigenvalue weighted by molar-refractivity contribution is 7.19. The minimum Gasteiger partial charge on any atom is -0.508 e. The van der Waals surface area contributed by atoms with Crippen LogP contribution in [-0.4, -0.2) is 35.2 Å². The van der Waals surface area contributed by atoms with Crippen molar-refractivity contribution in [3.8, 4) is 17.2 Å². The van der Waals surface area contributed by atoms with Crippen molar-refractivity contribution in [2.45, 2.75) is 38.1 Å². The standard InChI is InChI=1S/C29H29NO4S/c31-22-10-13-24-26(18-22)35-27(17-20-5-1-2-7-25(20)32)28(24)29(33)19-8-11-23(12-9-19)34-16-14-21-6-3-4-15-30-21/h1-2,5,7-13,18,21,30-32H,3-4,6,14-17H2. The second-order valence-corrected chi connectivity index (χ2v) is 10.2. The molecule has 2 heterocycles. The number of rotatable bonds is 8. The number of phenolic OH excluding ortho intramolecular Hbond substituents is 2. The van der Waals surface area contributed by atoms with E-state index in [2.05, 4.69) is 5.32 Å². The van der Waals surface area contributed by atoms with Crippen molar-refractivity contribution in [1.82, 2.24) is 5.32 Å². The fraction of sp³-hybridized carbons (Fsp3) is 0.276. The molecule has 1 aliphatic rings. The van der Waals surface area contributed by atoms with Crippen molar-refractivity contribution in [3.63, 3.8) is 0 Å². The first-order valence-electron chi connectivity index (χ1n) is 12.1. The number of piperidine rings is 1. The minimum absolute atomic E-state index is 0.0784. The third-order valence-electron chi connectivity index (χ3n) is 6.58. The van der Waals surface area contributed by atoms with Gasteiger partial charge in [0.15, 0.2) is 5.78 Å². The molecule has 1 aliphatic heterocycles. The van der Waals surface area contributed by atoms with E-state index in [1.165, 1.54) is 30.6 Å². The summed E-state index contributed by atoms with van der Waals surface area (Å²) in [5.41, 5.74) is 1.96. The molecule has 3 N–H and O–H groups in total. The number of nitrogens with one attached hydrogen (secondary N) is 1. The van der Waals surface area contributed by atoms with Crippen LogP contribution in [-0.2, 0) is 6.42 Å². The molecule has 0 saturated carbocycles. The Bertz CT molecular complexity index is 1320. The van der Waals surface area contributed by atoms with E-state index in [0.717, 1.165) is 39.2 Å². The maximum atomic E-state index is 13.7. The van der Waals surface area contributed by atoms with Crippen LogP contribution in [0.2, 0.25) is 0 Å². The van der Waals surface area contributed by atoms with E-state index in [1.54, 1.807) is 30.3 Å². The van der Waals surface area contributed by atoms with E-state index in [4.69, 9.17) is 4.74 Å². The van der Waals surface area contributed by atoms with E-state index in [9.17, 15) is 15.0 Å². The number of fused-ring (bicyclic) bond motifs is 1. The van der Waals surface area contributed by atoms with Crippen LogP contribution in [0.5, 0.6) is 17.2 Å². The van der Waals surface area contributed by atoms with Gasteiger partial charge in [0, 0.05) is 38.6 Å². The normalized spacial score (nSPS) is 15.8. The van der Waals surface area contributed by atoms with E-state index in [-0.39, 0.29) is 17.3 Å². The predicted molar refractivity (Wildman–Crippen MR) is 140 cm³/mol. The van der Waals surface area contributed by atoms with Crippen molar-refractivity contribution in [2.75, 3.05) is 13.2 Å². The Morgan fingerprint density at radius 1 is 1.03 bits per heavy atom. The number of ether oxygens (including phenoxy) is 1. The van der Waals surface area contributed by atoms with E-state index < -0.39 is 0 Å². The van der Waals surface area contributed by atoms with E-state index in [1.807, 2.05) is 36.4 Å². The highest BCUT2D eigenvalue weighted by Crippen LogP contribution is 2.37. The van der Waals surface area contributed by atoms with Crippen molar-refractivity contribution in [3.05, 3.63) is 88.3 Å². The lowest BCUT2D eigenvalue weighted by Crippen LogP contribution is -2.35. The van der Waals surface area contributed by atoms with Gasteiger partial charge in [0.05, 0.1) is 6.61 Å². The summed E-state index contributed by atoms with van der Waals surface area (Å²) < 4.78 is 6.77. The molecule has 0 amide bonds. The summed E-state index contributed by atoms with van der Waals surface area (Å²) in [5, 5.41) is 24.6. The first-order valence-corrected chi connectivity index (χ1v) is 12.9. The van der Waals surface area contributed by atoms with Gasteiger partial charge in [0.25, 0.3) is 0 Å². The number of carbonyl (C=O) groups is 1. The molecule has 180 valence electrons. The molecule has 35 heavy (non-hydrogen) atoms. The molecule has 1 saturated heterocycles. The molecule has 0 radical (unpaired) electrons. The fourth-order valence-corrected chi connectivity index (χ4v) is 5.94. The van der Waals surface area contributed by atoms with E-state index >= 15 is 0 Å². The lowest BCUT2D eigenvalue weighted by molar-refractivity contribution is 0.104. The average molecular weight is 488 g/mol. The Labute approximate surface area is 209 Å². The Balaban J connectivity index is 1.37. The van der Waals surface area contributed by atoms with Crippen molar-refractivity contribution < 1.29 is 19.7 Å². The number of phenols is 2. The zero-order chi connectivity index (χ0) is 24.2. The van der Waals surface area contributed by atoms with Gasteiger partial charge in [0.1, 0.15) is 17.2 Å². The Hall–Kier alpha value is -3.35. The Morgan fingerprint density at radius 3 is 2.63 bits per heavy atom. The number of carbonyl (C=O) groups excluding carboxylic acids is 1. The molecule has 0 spiro atoms.